The van der Waals surface area contributed by atoms with E-state index in [1.165, 1.54) is 0 Å². The lowest BCUT2D eigenvalue weighted by Crippen LogP contribution is -2.38. The number of hydrogen-bond acceptors (Lipinski definition) is 6. The van der Waals surface area contributed by atoms with E-state index in [-0.39, 0.29) is 19.4 Å². The van der Waals surface area contributed by atoms with Gasteiger partial charge in [0.15, 0.2) is 0 Å². The highest BCUT2D eigenvalue weighted by atomic mass is 16.6. The van der Waals surface area contributed by atoms with Gasteiger partial charge in [-0.05, 0) is 5.56 Å². The van der Waals surface area contributed by atoms with Crippen molar-refractivity contribution in [2.24, 2.45) is 0 Å². The summed E-state index contributed by atoms with van der Waals surface area (Å²) in [5, 5.41) is 0. The van der Waals surface area contributed by atoms with Gasteiger partial charge in [-0.2, -0.15) is 4.90 Å². The summed E-state index contributed by atoms with van der Waals surface area (Å²) < 4.78 is 10.4. The van der Waals surface area contributed by atoms with Crippen LogP contribution in [0.2, 0.25) is 0 Å². The SMILES string of the molecule is O=C(OCc1ccccc1)C(OC(=O)N1C(=O)CCC1=O)c1ccccc1. The first-order chi connectivity index (χ1) is 13.1. The van der Waals surface area contributed by atoms with Crippen molar-refractivity contribution in [3.05, 3.63) is 71.8 Å². The van der Waals surface area contributed by atoms with Crippen LogP contribution in [0.15, 0.2) is 60.7 Å². The largest absolute Gasteiger partial charge is 0.458 e. The maximum absolute atomic E-state index is 12.5. The van der Waals surface area contributed by atoms with Crippen LogP contribution in [-0.2, 0) is 30.5 Å². The van der Waals surface area contributed by atoms with E-state index in [1.54, 1.807) is 42.5 Å². The third-order valence-electron chi connectivity index (χ3n) is 3.99. The molecule has 27 heavy (non-hydrogen) atoms. The highest BCUT2D eigenvalue weighted by molar-refractivity contribution is 6.13. The first-order valence-corrected chi connectivity index (χ1v) is 8.38. The third kappa shape index (κ3) is 4.38. The molecule has 0 spiro atoms. The van der Waals surface area contributed by atoms with Crippen LogP contribution in [0, 0.1) is 0 Å². The van der Waals surface area contributed by atoms with Crippen LogP contribution in [0.4, 0.5) is 4.79 Å². The van der Waals surface area contributed by atoms with Gasteiger partial charge in [0, 0.05) is 18.4 Å². The monoisotopic (exact) mass is 367 g/mol. The first-order valence-electron chi connectivity index (χ1n) is 8.38. The predicted molar refractivity (Wildman–Crippen MR) is 93.0 cm³/mol. The molecule has 2 aromatic carbocycles. The van der Waals surface area contributed by atoms with Gasteiger partial charge in [0.05, 0.1) is 0 Å². The Balaban J connectivity index is 1.75. The van der Waals surface area contributed by atoms with Crippen LogP contribution in [0.25, 0.3) is 0 Å². The molecule has 1 aliphatic rings. The molecule has 0 saturated carbocycles. The van der Waals surface area contributed by atoms with E-state index >= 15 is 0 Å². The van der Waals surface area contributed by atoms with Crippen molar-refractivity contribution in [1.29, 1.82) is 0 Å². The molecule has 0 aromatic heterocycles. The highest BCUT2D eigenvalue weighted by Gasteiger charge is 2.38. The van der Waals surface area contributed by atoms with Crippen molar-refractivity contribution in [1.82, 2.24) is 4.90 Å². The summed E-state index contributed by atoms with van der Waals surface area (Å²) in [5.74, 6) is -2.08. The quantitative estimate of drug-likeness (QED) is 0.596. The molecule has 1 aliphatic heterocycles. The van der Waals surface area contributed by atoms with Crippen LogP contribution in [0.5, 0.6) is 0 Å². The second-order valence-corrected chi connectivity index (χ2v) is 5.89. The lowest BCUT2D eigenvalue weighted by molar-refractivity contribution is -0.157. The van der Waals surface area contributed by atoms with Gasteiger partial charge < -0.3 is 9.47 Å². The third-order valence-corrected chi connectivity index (χ3v) is 3.99. The molecule has 138 valence electrons. The van der Waals surface area contributed by atoms with Crippen LogP contribution >= 0.6 is 0 Å². The number of imide groups is 3. The molecule has 1 heterocycles. The Kier molecular flexibility index (Phi) is 5.61. The fourth-order valence-corrected chi connectivity index (χ4v) is 2.62. The van der Waals surface area contributed by atoms with E-state index in [4.69, 9.17) is 9.47 Å². The average molecular weight is 367 g/mol. The number of hydrogen-bond donors (Lipinski definition) is 0. The number of likely N-dealkylation sites (tertiary alicyclic amines) is 1. The minimum absolute atomic E-state index is 0.00212. The van der Waals surface area contributed by atoms with Crippen molar-refractivity contribution in [2.45, 2.75) is 25.6 Å². The maximum atomic E-state index is 12.5. The summed E-state index contributed by atoms with van der Waals surface area (Å²) in [6.45, 7) is 0.00212. The van der Waals surface area contributed by atoms with E-state index in [2.05, 4.69) is 0 Å². The number of ether oxygens (including phenoxy) is 2. The van der Waals surface area contributed by atoms with Crippen LogP contribution in [-0.4, -0.2) is 28.8 Å². The van der Waals surface area contributed by atoms with Crippen molar-refractivity contribution in [2.75, 3.05) is 0 Å². The van der Waals surface area contributed by atoms with Gasteiger partial charge in [0.1, 0.15) is 6.61 Å². The Morgan fingerprint density at radius 3 is 2.04 bits per heavy atom. The van der Waals surface area contributed by atoms with Crippen molar-refractivity contribution < 1.29 is 28.7 Å². The highest BCUT2D eigenvalue weighted by Crippen LogP contribution is 2.23. The zero-order valence-corrected chi connectivity index (χ0v) is 14.4. The molecule has 1 saturated heterocycles. The van der Waals surface area contributed by atoms with E-state index in [0.29, 0.717) is 10.5 Å². The molecule has 0 aliphatic carbocycles. The van der Waals surface area contributed by atoms with Crippen molar-refractivity contribution in [3.63, 3.8) is 0 Å². The first kappa shape index (κ1) is 18.3. The summed E-state index contributed by atoms with van der Waals surface area (Å²) in [4.78, 5) is 48.7. The summed E-state index contributed by atoms with van der Waals surface area (Å²) in [5.41, 5.74) is 1.15. The maximum Gasteiger partial charge on any atom is 0.424 e. The number of carbonyl (C=O) groups is 4. The second-order valence-electron chi connectivity index (χ2n) is 5.89. The van der Waals surface area contributed by atoms with Crippen LogP contribution < -0.4 is 0 Å². The fourth-order valence-electron chi connectivity index (χ4n) is 2.62. The number of benzene rings is 2. The molecule has 1 atom stereocenters. The fraction of sp³-hybridized carbons (Fsp3) is 0.200. The Hall–Kier alpha value is -3.48. The molecule has 0 radical (unpaired) electrons. The summed E-state index contributed by atoms with van der Waals surface area (Å²) in [6, 6.07) is 17.3. The molecule has 2 aromatic rings. The summed E-state index contributed by atoms with van der Waals surface area (Å²) in [7, 11) is 0. The molecule has 7 heteroatoms. The van der Waals surface area contributed by atoms with Gasteiger partial charge >= 0.3 is 12.1 Å². The van der Waals surface area contributed by atoms with Gasteiger partial charge in [0.2, 0.25) is 17.9 Å². The number of amides is 3. The van der Waals surface area contributed by atoms with Gasteiger partial charge in [-0.3, -0.25) is 9.59 Å². The lowest BCUT2D eigenvalue weighted by atomic mass is 10.1. The average Bonchev–Trinajstić information content (AvgIpc) is 3.04. The molecule has 1 fully saturated rings. The Bertz CT molecular complexity index is 833. The molecule has 3 amide bonds. The predicted octanol–water partition coefficient (Wildman–Crippen LogP) is 2.76. The molecular formula is C20H17NO6. The minimum atomic E-state index is -1.39. The van der Waals surface area contributed by atoms with Gasteiger partial charge in [-0.1, -0.05) is 60.7 Å². The van der Waals surface area contributed by atoms with E-state index in [0.717, 1.165) is 5.56 Å². The Morgan fingerprint density at radius 2 is 1.44 bits per heavy atom. The molecule has 3 rings (SSSR count). The van der Waals surface area contributed by atoms with E-state index in [1.807, 2.05) is 18.2 Å². The number of carbonyl (C=O) groups excluding carboxylic acids is 4. The number of esters is 1. The zero-order chi connectivity index (χ0) is 19.2. The standard InChI is InChI=1S/C20H17NO6/c22-16-11-12-17(23)21(16)20(25)27-18(15-9-5-2-6-10-15)19(24)26-13-14-7-3-1-4-8-14/h1-10,18H,11-13H2. The normalized spacial score (nSPS) is 14.7. The topological polar surface area (TPSA) is 90.0 Å². The summed E-state index contributed by atoms with van der Waals surface area (Å²) >= 11 is 0. The van der Waals surface area contributed by atoms with E-state index in [9.17, 15) is 19.2 Å². The Labute approximate surface area is 155 Å². The second kappa shape index (κ2) is 8.27. The molecule has 7 nitrogen and oxygen atoms in total. The molecule has 1 unspecified atom stereocenters. The van der Waals surface area contributed by atoms with Crippen molar-refractivity contribution >= 4 is 23.9 Å². The molecule has 0 N–H and O–H groups in total. The number of rotatable bonds is 5. The van der Waals surface area contributed by atoms with Gasteiger partial charge in [0.25, 0.3) is 0 Å². The van der Waals surface area contributed by atoms with Gasteiger partial charge in [-0.25, -0.2) is 9.59 Å². The molecular weight excluding hydrogens is 350 g/mol. The lowest BCUT2D eigenvalue weighted by Gasteiger charge is -2.20. The smallest absolute Gasteiger partial charge is 0.424 e. The number of nitrogens with zero attached hydrogens (tertiary/aromatic N) is 1. The zero-order valence-electron chi connectivity index (χ0n) is 14.4. The van der Waals surface area contributed by atoms with Crippen LogP contribution in [0.3, 0.4) is 0 Å². The van der Waals surface area contributed by atoms with E-state index < -0.39 is 30.0 Å². The molecule has 0 bridgehead atoms. The summed E-state index contributed by atoms with van der Waals surface area (Å²) in [6.07, 6.45) is -2.67. The Morgan fingerprint density at radius 1 is 0.889 bits per heavy atom. The van der Waals surface area contributed by atoms with Gasteiger partial charge in [-0.15, -0.1) is 0 Å². The van der Waals surface area contributed by atoms with Crippen LogP contribution in [0.1, 0.15) is 30.1 Å². The minimum Gasteiger partial charge on any atom is -0.458 e. The van der Waals surface area contributed by atoms with Crippen molar-refractivity contribution in [3.8, 4) is 0 Å².